The molecule has 0 fully saturated rings. The van der Waals surface area contributed by atoms with Gasteiger partial charge in [-0.3, -0.25) is 4.79 Å². The van der Waals surface area contributed by atoms with Gasteiger partial charge in [0.15, 0.2) is 5.78 Å². The first-order valence-corrected chi connectivity index (χ1v) is 7.81. The summed E-state index contributed by atoms with van der Waals surface area (Å²) < 4.78 is 5.10. The second-order valence-corrected chi connectivity index (χ2v) is 5.77. The monoisotopic (exact) mass is 298 g/mol. The molecule has 0 aliphatic rings. The fourth-order valence-electron chi connectivity index (χ4n) is 1.87. The van der Waals surface area contributed by atoms with Gasteiger partial charge in [0.05, 0.1) is 7.11 Å². The van der Waals surface area contributed by atoms with E-state index in [0.717, 1.165) is 17.1 Å². The van der Waals surface area contributed by atoms with Crippen LogP contribution in [0.2, 0.25) is 0 Å². The molecule has 0 N–H and O–H groups in total. The van der Waals surface area contributed by atoms with E-state index in [0.29, 0.717) is 5.56 Å². The van der Waals surface area contributed by atoms with E-state index in [1.807, 2.05) is 54.6 Å². The maximum Gasteiger partial charge on any atom is 0.185 e. The van der Waals surface area contributed by atoms with Gasteiger partial charge in [0.25, 0.3) is 0 Å². The van der Waals surface area contributed by atoms with Gasteiger partial charge in [-0.15, -0.1) is 11.8 Å². The third kappa shape index (κ3) is 4.50. The van der Waals surface area contributed by atoms with Crippen molar-refractivity contribution in [3.05, 3.63) is 65.7 Å². The number of hydrogen-bond acceptors (Lipinski definition) is 3. The Labute approximate surface area is 129 Å². The first-order chi connectivity index (χ1) is 10.2. The number of benzene rings is 2. The Morgan fingerprint density at radius 3 is 2.33 bits per heavy atom. The van der Waals surface area contributed by atoms with Gasteiger partial charge in [0, 0.05) is 10.5 Å². The maximum atomic E-state index is 12.1. The summed E-state index contributed by atoms with van der Waals surface area (Å²) in [5, 5.41) is 0. The van der Waals surface area contributed by atoms with Crippen LogP contribution in [0.25, 0.3) is 6.08 Å². The third-order valence-electron chi connectivity index (χ3n) is 2.99. The molecule has 0 atom stereocenters. The molecule has 0 aliphatic carbocycles. The Morgan fingerprint density at radius 2 is 1.76 bits per heavy atom. The van der Waals surface area contributed by atoms with Crippen molar-refractivity contribution in [2.45, 2.75) is 11.8 Å². The van der Waals surface area contributed by atoms with E-state index in [1.54, 1.807) is 24.9 Å². The summed E-state index contributed by atoms with van der Waals surface area (Å²) in [7, 11) is 1.63. The molecule has 0 radical (unpaired) electrons. The van der Waals surface area contributed by atoms with Crippen molar-refractivity contribution >= 4 is 23.6 Å². The molecule has 2 aromatic carbocycles. The Balaban J connectivity index is 2.03. The Morgan fingerprint density at radius 1 is 1.10 bits per heavy atom. The van der Waals surface area contributed by atoms with Crippen LogP contribution in [0.4, 0.5) is 0 Å². The Hall–Kier alpha value is -2.00. The number of ketones is 1. The third-order valence-corrected chi connectivity index (χ3v) is 3.89. The molecule has 0 spiro atoms. The van der Waals surface area contributed by atoms with E-state index in [4.69, 9.17) is 4.74 Å². The Bertz CT molecular complexity index is 613. The molecule has 0 aliphatic heterocycles. The average molecular weight is 298 g/mol. The minimum atomic E-state index is 0.0128. The van der Waals surface area contributed by atoms with Gasteiger partial charge in [-0.2, -0.15) is 0 Å². The summed E-state index contributed by atoms with van der Waals surface area (Å²) in [4.78, 5) is 13.3. The first kappa shape index (κ1) is 15.4. The van der Waals surface area contributed by atoms with Gasteiger partial charge in [0.2, 0.25) is 0 Å². The van der Waals surface area contributed by atoms with Crippen molar-refractivity contribution in [2.24, 2.45) is 0 Å². The second kappa shape index (κ2) is 7.70. The molecule has 3 heteroatoms. The highest BCUT2D eigenvalue weighted by molar-refractivity contribution is 7.99. The molecule has 2 aromatic rings. The van der Waals surface area contributed by atoms with Gasteiger partial charge >= 0.3 is 0 Å². The van der Waals surface area contributed by atoms with E-state index >= 15 is 0 Å². The second-order valence-electron chi connectivity index (χ2n) is 4.43. The van der Waals surface area contributed by atoms with Crippen molar-refractivity contribution in [3.8, 4) is 5.75 Å². The summed E-state index contributed by atoms with van der Waals surface area (Å²) in [5.41, 5.74) is 1.68. The lowest BCUT2D eigenvalue weighted by Crippen LogP contribution is -1.93. The minimum Gasteiger partial charge on any atom is -0.497 e. The molecular formula is C18H18O2S. The van der Waals surface area contributed by atoms with Gasteiger partial charge in [-0.1, -0.05) is 25.1 Å². The number of rotatable bonds is 6. The smallest absolute Gasteiger partial charge is 0.185 e. The molecule has 0 bridgehead atoms. The molecule has 108 valence electrons. The van der Waals surface area contributed by atoms with Crippen molar-refractivity contribution in [2.75, 3.05) is 12.9 Å². The van der Waals surface area contributed by atoms with Crippen molar-refractivity contribution in [1.29, 1.82) is 0 Å². The lowest BCUT2D eigenvalue weighted by molar-refractivity contribution is 0.104. The molecule has 0 aromatic heterocycles. The zero-order chi connectivity index (χ0) is 15.1. The highest BCUT2D eigenvalue weighted by atomic mass is 32.2. The zero-order valence-electron chi connectivity index (χ0n) is 12.2. The van der Waals surface area contributed by atoms with Gasteiger partial charge in [0.1, 0.15) is 5.75 Å². The Kier molecular flexibility index (Phi) is 5.64. The summed E-state index contributed by atoms with van der Waals surface area (Å²) in [5.74, 6) is 1.85. The summed E-state index contributed by atoms with van der Waals surface area (Å²) in [6.45, 7) is 2.11. The molecule has 2 rings (SSSR count). The van der Waals surface area contributed by atoms with Crippen LogP contribution in [-0.2, 0) is 0 Å². The van der Waals surface area contributed by atoms with Crippen LogP contribution in [0.5, 0.6) is 5.75 Å². The molecule has 0 unspecified atom stereocenters. The topological polar surface area (TPSA) is 26.3 Å². The fraction of sp³-hybridized carbons (Fsp3) is 0.167. The summed E-state index contributed by atoms with van der Waals surface area (Å²) >= 11 is 1.77. The van der Waals surface area contributed by atoms with E-state index in [-0.39, 0.29) is 5.78 Å². The zero-order valence-corrected chi connectivity index (χ0v) is 13.0. The normalized spacial score (nSPS) is 10.8. The first-order valence-electron chi connectivity index (χ1n) is 6.82. The highest BCUT2D eigenvalue weighted by Gasteiger charge is 2.01. The van der Waals surface area contributed by atoms with E-state index in [9.17, 15) is 4.79 Å². The average Bonchev–Trinajstić information content (AvgIpc) is 2.54. The molecule has 0 saturated carbocycles. The largest absolute Gasteiger partial charge is 0.497 e. The summed E-state index contributed by atoms with van der Waals surface area (Å²) in [6, 6.07) is 15.3. The van der Waals surface area contributed by atoms with E-state index < -0.39 is 0 Å². The molecule has 0 heterocycles. The predicted octanol–water partition coefficient (Wildman–Crippen LogP) is 4.70. The van der Waals surface area contributed by atoms with Gasteiger partial charge < -0.3 is 4.74 Å². The number of ether oxygens (including phenoxy) is 1. The molecule has 0 saturated heterocycles. The van der Waals surface area contributed by atoms with Crippen molar-refractivity contribution in [1.82, 2.24) is 0 Å². The number of methoxy groups -OCH3 is 1. The lowest BCUT2D eigenvalue weighted by Gasteiger charge is -2.00. The van der Waals surface area contributed by atoms with Crippen LogP contribution in [0.15, 0.2) is 59.5 Å². The van der Waals surface area contributed by atoms with Crippen molar-refractivity contribution in [3.63, 3.8) is 0 Å². The van der Waals surface area contributed by atoms with Crippen LogP contribution < -0.4 is 4.74 Å². The fourth-order valence-corrected chi connectivity index (χ4v) is 2.53. The van der Waals surface area contributed by atoms with E-state index in [2.05, 4.69) is 6.92 Å². The number of allylic oxidation sites excluding steroid dienone is 1. The van der Waals surface area contributed by atoms with Gasteiger partial charge in [-0.25, -0.2) is 0 Å². The molecular weight excluding hydrogens is 280 g/mol. The highest BCUT2D eigenvalue weighted by Crippen LogP contribution is 2.18. The van der Waals surface area contributed by atoms with Crippen LogP contribution in [0, 0.1) is 0 Å². The summed E-state index contributed by atoms with van der Waals surface area (Å²) in [6.07, 6.45) is 3.42. The lowest BCUT2D eigenvalue weighted by atomic mass is 10.1. The van der Waals surface area contributed by atoms with Crippen LogP contribution in [-0.4, -0.2) is 18.6 Å². The number of thioether (sulfide) groups is 1. The maximum absolute atomic E-state index is 12.1. The standard InChI is InChI=1S/C18H18O2S/c1-3-21-17-11-7-15(8-12-17)18(19)13-6-14-4-9-16(20-2)10-5-14/h4-13H,3H2,1-2H3. The van der Waals surface area contributed by atoms with Crippen molar-refractivity contribution < 1.29 is 9.53 Å². The SMILES string of the molecule is CCSc1ccc(C(=O)C=Cc2ccc(OC)cc2)cc1. The quantitative estimate of drug-likeness (QED) is 0.439. The van der Waals surface area contributed by atoms with Crippen LogP contribution in [0.1, 0.15) is 22.8 Å². The minimum absolute atomic E-state index is 0.0128. The van der Waals surface area contributed by atoms with E-state index in [1.165, 1.54) is 4.90 Å². The number of hydrogen-bond donors (Lipinski definition) is 0. The molecule has 2 nitrogen and oxygen atoms in total. The molecule has 0 amide bonds. The number of carbonyl (C=O) groups excluding carboxylic acids is 1. The van der Waals surface area contributed by atoms with Crippen LogP contribution in [0.3, 0.4) is 0 Å². The molecule has 21 heavy (non-hydrogen) atoms. The number of carbonyl (C=O) groups is 1. The predicted molar refractivity (Wildman–Crippen MR) is 89.2 cm³/mol. The van der Waals surface area contributed by atoms with Gasteiger partial charge in [-0.05, 0) is 53.8 Å². The van der Waals surface area contributed by atoms with Crippen LogP contribution >= 0.6 is 11.8 Å².